The zero-order valence-corrected chi connectivity index (χ0v) is 6.52. The van der Waals surface area contributed by atoms with Gasteiger partial charge in [-0.3, -0.25) is 4.79 Å². The molecule has 0 atom stereocenters. The molecule has 2 heteroatoms. The summed E-state index contributed by atoms with van der Waals surface area (Å²) in [5, 5.41) is 0. The number of hydrogen-bond acceptors (Lipinski definition) is 2. The minimum Gasteiger partial charge on any atom is -0.469 e. The summed E-state index contributed by atoms with van der Waals surface area (Å²) in [7, 11) is 0. The van der Waals surface area contributed by atoms with Gasteiger partial charge in [-0.05, 0) is 19.8 Å². The molecule has 2 nitrogen and oxygen atoms in total. The molecule has 0 radical (unpaired) electrons. The Kier molecular flexibility index (Phi) is 1.34. The van der Waals surface area contributed by atoms with Crippen molar-refractivity contribution in [2.24, 2.45) is 0 Å². The number of furan rings is 1. The Morgan fingerprint density at radius 3 is 3.00 bits per heavy atom. The minimum absolute atomic E-state index is 0.248. The fraction of sp³-hybridized carbons (Fsp3) is 0.444. The molecule has 0 unspecified atom stereocenters. The second-order valence-corrected chi connectivity index (χ2v) is 2.97. The first kappa shape index (κ1) is 6.65. The Morgan fingerprint density at radius 1 is 1.45 bits per heavy atom. The van der Waals surface area contributed by atoms with Crippen LogP contribution < -0.4 is 0 Å². The van der Waals surface area contributed by atoms with Gasteiger partial charge in [-0.15, -0.1) is 0 Å². The third kappa shape index (κ3) is 0.897. The third-order valence-electron chi connectivity index (χ3n) is 2.18. The maximum Gasteiger partial charge on any atom is 0.166 e. The molecule has 1 aromatic rings. The van der Waals surface area contributed by atoms with Gasteiger partial charge in [0.05, 0.1) is 11.8 Å². The van der Waals surface area contributed by atoms with Gasteiger partial charge in [-0.2, -0.15) is 0 Å². The Morgan fingerprint density at radius 2 is 2.27 bits per heavy atom. The predicted molar refractivity (Wildman–Crippen MR) is 40.7 cm³/mol. The van der Waals surface area contributed by atoms with Crippen molar-refractivity contribution < 1.29 is 9.21 Å². The van der Waals surface area contributed by atoms with Crippen LogP contribution in [-0.2, 0) is 6.42 Å². The van der Waals surface area contributed by atoms with Gasteiger partial charge in [0.2, 0.25) is 0 Å². The zero-order valence-electron chi connectivity index (χ0n) is 6.52. The molecule has 0 fully saturated rings. The molecule has 1 aromatic heterocycles. The summed E-state index contributed by atoms with van der Waals surface area (Å²) in [5.41, 5.74) is 1.94. The van der Waals surface area contributed by atoms with Crippen molar-refractivity contribution >= 4 is 5.78 Å². The largest absolute Gasteiger partial charge is 0.469 e. The number of aryl methyl sites for hydroxylation is 2. The lowest BCUT2D eigenvalue weighted by Crippen LogP contribution is -2.09. The minimum atomic E-state index is 0.248. The molecule has 0 saturated carbocycles. The summed E-state index contributed by atoms with van der Waals surface area (Å²) in [6.07, 6.45) is 4.37. The van der Waals surface area contributed by atoms with Crippen molar-refractivity contribution in [1.29, 1.82) is 0 Å². The SMILES string of the molecule is Cc1occ2c1C(=O)CCC2. The molecule has 0 N–H and O–H groups in total. The van der Waals surface area contributed by atoms with Gasteiger partial charge in [0.1, 0.15) is 5.76 Å². The first-order chi connectivity index (χ1) is 5.29. The molecule has 0 aromatic carbocycles. The van der Waals surface area contributed by atoms with Crippen LogP contribution in [-0.4, -0.2) is 5.78 Å². The molecule has 11 heavy (non-hydrogen) atoms. The molecule has 0 aliphatic heterocycles. The van der Waals surface area contributed by atoms with E-state index >= 15 is 0 Å². The van der Waals surface area contributed by atoms with Crippen LogP contribution in [0.3, 0.4) is 0 Å². The number of hydrogen-bond donors (Lipinski definition) is 0. The van der Waals surface area contributed by atoms with E-state index in [-0.39, 0.29) is 5.78 Å². The van der Waals surface area contributed by atoms with E-state index in [4.69, 9.17) is 4.42 Å². The van der Waals surface area contributed by atoms with Crippen LogP contribution >= 0.6 is 0 Å². The summed E-state index contributed by atoms with van der Waals surface area (Å²) < 4.78 is 5.17. The van der Waals surface area contributed by atoms with Gasteiger partial charge < -0.3 is 4.42 Å². The number of carbonyl (C=O) groups is 1. The maximum absolute atomic E-state index is 11.3. The summed E-state index contributed by atoms with van der Waals surface area (Å²) in [5.74, 6) is 1.03. The first-order valence-electron chi connectivity index (χ1n) is 3.89. The van der Waals surface area contributed by atoms with E-state index in [1.54, 1.807) is 6.26 Å². The number of fused-ring (bicyclic) bond motifs is 1. The van der Waals surface area contributed by atoms with Crippen molar-refractivity contribution in [1.82, 2.24) is 0 Å². The van der Waals surface area contributed by atoms with E-state index in [9.17, 15) is 4.79 Å². The van der Waals surface area contributed by atoms with Crippen molar-refractivity contribution in [3.8, 4) is 0 Å². The summed E-state index contributed by atoms with van der Waals surface area (Å²) >= 11 is 0. The van der Waals surface area contributed by atoms with Crippen molar-refractivity contribution in [3.05, 3.63) is 23.2 Å². The van der Waals surface area contributed by atoms with E-state index in [1.165, 1.54) is 0 Å². The quantitative estimate of drug-likeness (QED) is 0.567. The second-order valence-electron chi connectivity index (χ2n) is 2.97. The van der Waals surface area contributed by atoms with Crippen molar-refractivity contribution in [2.75, 3.05) is 0 Å². The summed E-state index contributed by atoms with van der Waals surface area (Å²) in [6.45, 7) is 1.85. The van der Waals surface area contributed by atoms with Crippen LogP contribution in [0, 0.1) is 6.92 Å². The van der Waals surface area contributed by atoms with E-state index in [2.05, 4.69) is 0 Å². The Bertz CT molecular complexity index is 297. The monoisotopic (exact) mass is 150 g/mol. The molecular weight excluding hydrogens is 140 g/mol. The second kappa shape index (κ2) is 2.22. The highest BCUT2D eigenvalue weighted by molar-refractivity contribution is 5.99. The van der Waals surface area contributed by atoms with Crippen LogP contribution in [0.2, 0.25) is 0 Å². The molecule has 58 valence electrons. The Labute approximate surface area is 65.2 Å². The molecule has 1 aliphatic carbocycles. The summed E-state index contributed by atoms with van der Waals surface area (Å²) in [6, 6.07) is 0. The molecular formula is C9H10O2. The maximum atomic E-state index is 11.3. The summed E-state index contributed by atoms with van der Waals surface area (Å²) in [4.78, 5) is 11.3. The first-order valence-corrected chi connectivity index (χ1v) is 3.89. The number of rotatable bonds is 0. The predicted octanol–water partition coefficient (Wildman–Crippen LogP) is 2.11. The number of carbonyl (C=O) groups excluding carboxylic acids is 1. The fourth-order valence-corrected chi connectivity index (χ4v) is 1.63. The average Bonchev–Trinajstić information content (AvgIpc) is 2.34. The zero-order chi connectivity index (χ0) is 7.84. The van der Waals surface area contributed by atoms with E-state index in [0.29, 0.717) is 6.42 Å². The van der Waals surface area contributed by atoms with E-state index in [1.807, 2.05) is 6.92 Å². The van der Waals surface area contributed by atoms with Gasteiger partial charge in [0, 0.05) is 12.0 Å². The van der Waals surface area contributed by atoms with Crippen LogP contribution in [0.25, 0.3) is 0 Å². The molecule has 1 heterocycles. The Balaban J connectivity index is 2.56. The van der Waals surface area contributed by atoms with Gasteiger partial charge in [0.15, 0.2) is 5.78 Å². The van der Waals surface area contributed by atoms with E-state index in [0.717, 1.165) is 29.7 Å². The smallest absolute Gasteiger partial charge is 0.166 e. The highest BCUT2D eigenvalue weighted by atomic mass is 16.3. The highest BCUT2D eigenvalue weighted by Gasteiger charge is 2.21. The Hall–Kier alpha value is -1.05. The van der Waals surface area contributed by atoms with Gasteiger partial charge in [0.25, 0.3) is 0 Å². The normalized spacial score (nSPS) is 16.6. The highest BCUT2D eigenvalue weighted by Crippen LogP contribution is 2.25. The lowest BCUT2D eigenvalue weighted by molar-refractivity contribution is 0.0971. The fourth-order valence-electron chi connectivity index (χ4n) is 1.63. The average molecular weight is 150 g/mol. The lowest BCUT2D eigenvalue weighted by atomic mass is 9.93. The molecule has 1 aliphatic rings. The molecule has 0 bridgehead atoms. The topological polar surface area (TPSA) is 30.2 Å². The van der Waals surface area contributed by atoms with Gasteiger partial charge >= 0.3 is 0 Å². The third-order valence-corrected chi connectivity index (χ3v) is 2.18. The molecule has 0 spiro atoms. The molecule has 0 amide bonds. The van der Waals surface area contributed by atoms with E-state index < -0.39 is 0 Å². The van der Waals surface area contributed by atoms with Gasteiger partial charge in [-0.25, -0.2) is 0 Å². The molecule has 0 saturated heterocycles. The number of Topliss-reactive ketones (excluding diaryl/α,β-unsaturated/α-hetero) is 1. The lowest BCUT2D eigenvalue weighted by Gasteiger charge is -2.08. The van der Waals surface area contributed by atoms with Crippen LogP contribution in [0.5, 0.6) is 0 Å². The van der Waals surface area contributed by atoms with Gasteiger partial charge in [-0.1, -0.05) is 0 Å². The number of ketones is 1. The van der Waals surface area contributed by atoms with Crippen LogP contribution in [0.15, 0.2) is 10.7 Å². The van der Waals surface area contributed by atoms with Crippen LogP contribution in [0.1, 0.15) is 34.5 Å². The standard InChI is InChI=1S/C9H10O2/c1-6-9-7(5-11-6)3-2-4-8(9)10/h5H,2-4H2,1H3. The van der Waals surface area contributed by atoms with Crippen molar-refractivity contribution in [3.63, 3.8) is 0 Å². The van der Waals surface area contributed by atoms with Crippen LogP contribution in [0.4, 0.5) is 0 Å². The van der Waals surface area contributed by atoms with Crippen molar-refractivity contribution in [2.45, 2.75) is 26.2 Å². The molecule has 2 rings (SSSR count).